The average molecular weight is 532 g/mol. The molecule has 0 amide bonds. The molecular weight excluding hydrogens is 499 g/mol. The van der Waals surface area contributed by atoms with Crippen LogP contribution < -0.4 is 20.1 Å². The smallest absolute Gasteiger partial charge is 0.191 e. The fourth-order valence-electron chi connectivity index (χ4n) is 2.91. The summed E-state index contributed by atoms with van der Waals surface area (Å²) in [6.07, 6.45) is 1.64. The van der Waals surface area contributed by atoms with Crippen molar-refractivity contribution in [1.29, 1.82) is 0 Å². The van der Waals surface area contributed by atoms with Crippen molar-refractivity contribution >= 4 is 29.9 Å². The number of rotatable bonds is 11. The molecule has 1 heterocycles. The Balaban J connectivity index is 0.00000450. The Labute approximate surface area is 195 Å². The zero-order valence-corrected chi connectivity index (χ0v) is 20.5. The highest BCUT2D eigenvalue weighted by Gasteiger charge is 2.13. The van der Waals surface area contributed by atoms with E-state index in [1.54, 1.807) is 7.11 Å². The number of halogens is 1. The van der Waals surface area contributed by atoms with Crippen molar-refractivity contribution in [3.8, 4) is 11.5 Å². The lowest BCUT2D eigenvalue weighted by Crippen LogP contribution is -2.37. The minimum Gasteiger partial charge on any atom is -0.493 e. The van der Waals surface area contributed by atoms with Gasteiger partial charge < -0.3 is 29.7 Å². The zero-order chi connectivity index (χ0) is 21.1. The number of nitrogens with one attached hydrogen (secondary N) is 2. The van der Waals surface area contributed by atoms with Gasteiger partial charge in [-0.3, -0.25) is 0 Å². The Morgan fingerprint density at radius 2 is 1.97 bits per heavy atom. The van der Waals surface area contributed by atoms with Gasteiger partial charge in [0.1, 0.15) is 12.4 Å². The number of aliphatic hydroxyl groups is 1. The minimum absolute atomic E-state index is 0. The predicted molar refractivity (Wildman–Crippen MR) is 128 cm³/mol. The second-order valence-electron chi connectivity index (χ2n) is 6.34. The summed E-state index contributed by atoms with van der Waals surface area (Å²) >= 11 is 0. The van der Waals surface area contributed by atoms with Crippen LogP contribution in [0.3, 0.4) is 0 Å². The first-order valence-electron chi connectivity index (χ1n) is 10.1. The van der Waals surface area contributed by atoms with Crippen LogP contribution in [0, 0.1) is 0 Å². The van der Waals surface area contributed by atoms with Crippen LogP contribution >= 0.6 is 24.0 Å². The Morgan fingerprint density at radius 1 is 1.17 bits per heavy atom. The average Bonchev–Trinajstić information content (AvgIpc) is 3.16. The Kier molecular flexibility index (Phi) is 12.2. The molecule has 0 aliphatic carbocycles. The van der Waals surface area contributed by atoms with Crippen LogP contribution in [-0.4, -0.2) is 43.1 Å². The first-order chi connectivity index (χ1) is 14.2. The van der Waals surface area contributed by atoms with Crippen LogP contribution in [0.25, 0.3) is 0 Å². The molecule has 0 aliphatic heterocycles. The monoisotopic (exact) mass is 532 g/mol. The number of benzene rings is 1. The van der Waals surface area contributed by atoms with Crippen LogP contribution in [0.4, 0.5) is 0 Å². The van der Waals surface area contributed by atoms with Crippen molar-refractivity contribution in [1.82, 2.24) is 15.8 Å². The second kappa shape index (κ2) is 14.1. The van der Waals surface area contributed by atoms with Gasteiger partial charge in [-0.15, -0.1) is 24.0 Å². The normalized spacial score (nSPS) is 11.0. The van der Waals surface area contributed by atoms with E-state index in [2.05, 4.69) is 34.6 Å². The van der Waals surface area contributed by atoms with E-state index in [0.717, 1.165) is 47.9 Å². The molecule has 1 aromatic carbocycles. The standard InChI is InChI=1S/C21H32N4O4.HI/c1-5-17-16(18(6-2)29-25-17)14-24-21(22-7-3)23-13-15-8-9-19(28-11-10-26)20(12-15)27-4;/h8-9,12,26H,5-7,10-11,13-14H2,1-4H3,(H2,22,23,24);1H. The summed E-state index contributed by atoms with van der Waals surface area (Å²) < 4.78 is 16.3. The number of aryl methyl sites for hydroxylation is 2. The van der Waals surface area contributed by atoms with Gasteiger partial charge in [-0.25, -0.2) is 4.99 Å². The molecule has 0 unspecified atom stereocenters. The highest BCUT2D eigenvalue weighted by molar-refractivity contribution is 14.0. The summed E-state index contributed by atoms with van der Waals surface area (Å²) in [5, 5.41) is 19.7. The van der Waals surface area contributed by atoms with Crippen LogP contribution in [-0.2, 0) is 25.9 Å². The summed E-state index contributed by atoms with van der Waals surface area (Å²) in [5.41, 5.74) is 3.07. The maximum Gasteiger partial charge on any atom is 0.191 e. The fourth-order valence-corrected chi connectivity index (χ4v) is 2.91. The minimum atomic E-state index is -0.0431. The zero-order valence-electron chi connectivity index (χ0n) is 18.2. The summed E-state index contributed by atoms with van der Waals surface area (Å²) in [6, 6.07) is 5.66. The first kappa shape index (κ1) is 26.0. The molecular formula is C21H33IN4O4. The number of hydrogen-bond acceptors (Lipinski definition) is 6. The van der Waals surface area contributed by atoms with Crippen LogP contribution in [0.15, 0.2) is 27.7 Å². The summed E-state index contributed by atoms with van der Waals surface area (Å²) in [5.74, 6) is 2.85. The lowest BCUT2D eigenvalue weighted by molar-refractivity contribution is 0.196. The quantitative estimate of drug-likeness (QED) is 0.232. The SMILES string of the molecule is CCNC(=NCc1ccc(OCCO)c(OC)c1)NCc1c(CC)noc1CC.I. The van der Waals surface area contributed by atoms with Gasteiger partial charge in [0.15, 0.2) is 17.5 Å². The van der Waals surface area contributed by atoms with Gasteiger partial charge in [0.2, 0.25) is 0 Å². The number of aromatic nitrogens is 1. The van der Waals surface area contributed by atoms with Crippen molar-refractivity contribution in [2.75, 3.05) is 26.9 Å². The predicted octanol–water partition coefficient (Wildman–Crippen LogP) is 3.05. The third-order valence-electron chi connectivity index (χ3n) is 4.38. The maximum absolute atomic E-state index is 8.92. The van der Waals surface area contributed by atoms with Gasteiger partial charge >= 0.3 is 0 Å². The summed E-state index contributed by atoms with van der Waals surface area (Å²) in [7, 11) is 1.59. The highest BCUT2D eigenvalue weighted by Crippen LogP contribution is 2.28. The number of aliphatic hydroxyl groups excluding tert-OH is 1. The second-order valence-corrected chi connectivity index (χ2v) is 6.34. The molecule has 3 N–H and O–H groups in total. The molecule has 0 bridgehead atoms. The molecule has 0 radical (unpaired) electrons. The van der Waals surface area contributed by atoms with E-state index in [9.17, 15) is 0 Å². The fraction of sp³-hybridized carbons (Fsp3) is 0.524. The molecule has 0 fully saturated rings. The summed E-state index contributed by atoms with van der Waals surface area (Å²) in [4.78, 5) is 4.67. The van der Waals surface area contributed by atoms with Gasteiger partial charge in [0.25, 0.3) is 0 Å². The van der Waals surface area contributed by atoms with Crippen molar-refractivity contribution in [3.63, 3.8) is 0 Å². The van der Waals surface area contributed by atoms with E-state index >= 15 is 0 Å². The van der Waals surface area contributed by atoms with E-state index < -0.39 is 0 Å². The van der Waals surface area contributed by atoms with E-state index in [-0.39, 0.29) is 37.2 Å². The first-order valence-corrected chi connectivity index (χ1v) is 10.1. The van der Waals surface area contributed by atoms with E-state index in [0.29, 0.717) is 24.6 Å². The Morgan fingerprint density at radius 3 is 2.60 bits per heavy atom. The van der Waals surface area contributed by atoms with E-state index in [4.69, 9.17) is 19.1 Å². The molecule has 0 saturated carbocycles. The molecule has 8 nitrogen and oxygen atoms in total. The molecule has 0 saturated heterocycles. The molecule has 1 aromatic heterocycles. The molecule has 2 aromatic rings. The number of ether oxygens (including phenoxy) is 2. The van der Waals surface area contributed by atoms with Crippen molar-refractivity contribution in [2.45, 2.75) is 46.7 Å². The van der Waals surface area contributed by atoms with Crippen molar-refractivity contribution in [2.24, 2.45) is 4.99 Å². The third kappa shape index (κ3) is 7.35. The number of hydrogen-bond donors (Lipinski definition) is 3. The Bertz CT molecular complexity index is 774. The van der Waals surface area contributed by atoms with Crippen molar-refractivity contribution in [3.05, 3.63) is 40.8 Å². The molecule has 0 atom stereocenters. The molecule has 2 rings (SSSR count). The number of aliphatic imine (C=N–C) groups is 1. The maximum atomic E-state index is 8.92. The van der Waals surface area contributed by atoms with Crippen molar-refractivity contribution < 1.29 is 19.1 Å². The van der Waals surface area contributed by atoms with E-state index in [1.165, 1.54) is 0 Å². The van der Waals surface area contributed by atoms with Gasteiger partial charge in [0, 0.05) is 25.1 Å². The molecule has 30 heavy (non-hydrogen) atoms. The van der Waals surface area contributed by atoms with Crippen LogP contribution in [0.1, 0.15) is 43.4 Å². The molecule has 9 heteroatoms. The topological polar surface area (TPSA) is 101 Å². The molecule has 0 spiro atoms. The summed E-state index contributed by atoms with van der Waals surface area (Å²) in [6.45, 7) is 8.19. The number of guanidine groups is 1. The number of methoxy groups -OCH3 is 1. The van der Waals surface area contributed by atoms with Gasteiger partial charge in [-0.2, -0.15) is 0 Å². The van der Waals surface area contributed by atoms with Gasteiger partial charge in [-0.05, 0) is 31.0 Å². The third-order valence-corrected chi connectivity index (χ3v) is 4.38. The number of nitrogens with zero attached hydrogens (tertiary/aromatic N) is 2. The molecule has 0 aliphatic rings. The highest BCUT2D eigenvalue weighted by atomic mass is 127. The van der Waals surface area contributed by atoms with Gasteiger partial charge in [-0.1, -0.05) is 25.1 Å². The lowest BCUT2D eigenvalue weighted by Gasteiger charge is -2.13. The van der Waals surface area contributed by atoms with Crippen LogP contribution in [0.5, 0.6) is 11.5 Å². The Hall–Kier alpha value is -2.01. The largest absolute Gasteiger partial charge is 0.493 e. The van der Waals surface area contributed by atoms with Crippen LogP contribution in [0.2, 0.25) is 0 Å². The molecule has 168 valence electrons. The van der Waals surface area contributed by atoms with Gasteiger partial charge in [0.05, 0.1) is 26.0 Å². The van der Waals surface area contributed by atoms with E-state index in [1.807, 2.05) is 25.1 Å². The lowest BCUT2D eigenvalue weighted by atomic mass is 10.1.